The number of rotatable bonds is 2. The lowest BCUT2D eigenvalue weighted by molar-refractivity contribution is -0.143. The first-order valence-electron chi connectivity index (χ1n) is 5.47. The van der Waals surface area contributed by atoms with Gasteiger partial charge in [-0.3, -0.25) is 0 Å². The maximum absolute atomic E-state index is 12.6. The molecule has 0 saturated carbocycles. The largest absolute Gasteiger partial charge is 0.488 e. The van der Waals surface area contributed by atoms with Crippen molar-refractivity contribution in [1.29, 1.82) is 0 Å². The van der Waals surface area contributed by atoms with Crippen molar-refractivity contribution in [2.75, 3.05) is 13.1 Å². The van der Waals surface area contributed by atoms with E-state index in [1.54, 1.807) is 0 Å². The number of nitrogens with one attached hydrogen (secondary N) is 1. The Morgan fingerprint density at radius 2 is 2.00 bits per heavy atom. The third-order valence-electron chi connectivity index (χ3n) is 2.62. The summed E-state index contributed by atoms with van der Waals surface area (Å²) < 4.78 is 43.3. The summed E-state index contributed by atoms with van der Waals surface area (Å²) in [4.78, 5) is 3.35. The fourth-order valence-electron chi connectivity index (χ4n) is 1.79. The molecule has 1 aliphatic rings. The van der Waals surface area contributed by atoms with Gasteiger partial charge in [-0.15, -0.1) is 0 Å². The lowest BCUT2D eigenvalue weighted by Crippen LogP contribution is -2.34. The van der Waals surface area contributed by atoms with Crippen molar-refractivity contribution < 1.29 is 17.9 Å². The zero-order valence-corrected chi connectivity index (χ0v) is 9.13. The standard InChI is InChI=1S/C11H13F3N2O/c12-11(13,14)10-9(2-1-5-16-10)17-8-3-6-15-7-4-8/h1-2,5,8,15H,3-4,6-7H2. The molecule has 94 valence electrons. The van der Waals surface area contributed by atoms with Crippen LogP contribution in [0, 0.1) is 0 Å². The number of alkyl halides is 3. The van der Waals surface area contributed by atoms with Gasteiger partial charge >= 0.3 is 6.18 Å². The van der Waals surface area contributed by atoms with E-state index >= 15 is 0 Å². The van der Waals surface area contributed by atoms with Crippen LogP contribution in [0.5, 0.6) is 5.75 Å². The highest BCUT2D eigenvalue weighted by molar-refractivity contribution is 5.29. The van der Waals surface area contributed by atoms with Crippen LogP contribution < -0.4 is 10.1 Å². The van der Waals surface area contributed by atoms with Gasteiger partial charge in [0.05, 0.1) is 0 Å². The molecule has 1 aromatic rings. The molecule has 6 heteroatoms. The molecule has 0 radical (unpaired) electrons. The van der Waals surface area contributed by atoms with E-state index in [2.05, 4.69) is 10.3 Å². The van der Waals surface area contributed by atoms with Crippen molar-refractivity contribution >= 4 is 0 Å². The Kier molecular flexibility index (Phi) is 3.51. The topological polar surface area (TPSA) is 34.1 Å². The second-order valence-corrected chi connectivity index (χ2v) is 3.92. The Bertz CT molecular complexity index is 375. The maximum Gasteiger partial charge on any atom is 0.437 e. The second-order valence-electron chi connectivity index (χ2n) is 3.92. The Balaban J connectivity index is 2.14. The highest BCUT2D eigenvalue weighted by Gasteiger charge is 2.36. The molecule has 1 N–H and O–H groups in total. The fourth-order valence-corrected chi connectivity index (χ4v) is 1.79. The lowest BCUT2D eigenvalue weighted by Gasteiger charge is -2.24. The normalized spacial score (nSPS) is 18.1. The predicted octanol–water partition coefficient (Wildman–Crippen LogP) is 2.23. The van der Waals surface area contributed by atoms with Gasteiger partial charge in [0.15, 0.2) is 11.4 Å². The number of aromatic nitrogens is 1. The predicted molar refractivity (Wildman–Crippen MR) is 55.8 cm³/mol. The third-order valence-corrected chi connectivity index (χ3v) is 2.62. The van der Waals surface area contributed by atoms with Gasteiger partial charge in [0.25, 0.3) is 0 Å². The molecule has 17 heavy (non-hydrogen) atoms. The summed E-state index contributed by atoms with van der Waals surface area (Å²) in [7, 11) is 0. The molecule has 3 nitrogen and oxygen atoms in total. The molecule has 0 amide bonds. The quantitative estimate of drug-likeness (QED) is 0.868. The number of nitrogens with zero attached hydrogens (tertiary/aromatic N) is 1. The van der Waals surface area contributed by atoms with Crippen molar-refractivity contribution in [1.82, 2.24) is 10.3 Å². The first-order valence-corrected chi connectivity index (χ1v) is 5.47. The second kappa shape index (κ2) is 4.91. The van der Waals surface area contributed by atoms with Crippen molar-refractivity contribution in [3.05, 3.63) is 24.0 Å². The highest BCUT2D eigenvalue weighted by atomic mass is 19.4. The molecule has 0 unspecified atom stereocenters. The Hall–Kier alpha value is -1.30. The summed E-state index contributed by atoms with van der Waals surface area (Å²) in [5.74, 6) is -0.174. The average molecular weight is 246 g/mol. The van der Waals surface area contributed by atoms with Gasteiger partial charge in [-0.1, -0.05) is 0 Å². The zero-order chi connectivity index (χ0) is 12.3. The summed E-state index contributed by atoms with van der Waals surface area (Å²) in [6.07, 6.45) is -2.08. The fraction of sp³-hybridized carbons (Fsp3) is 0.545. The van der Waals surface area contributed by atoms with Crippen LogP contribution in [0.3, 0.4) is 0 Å². The van der Waals surface area contributed by atoms with Gasteiger partial charge in [-0.25, -0.2) is 4.98 Å². The van der Waals surface area contributed by atoms with Gasteiger partial charge in [-0.2, -0.15) is 13.2 Å². The van der Waals surface area contributed by atoms with Crippen LogP contribution in [0.25, 0.3) is 0 Å². The van der Waals surface area contributed by atoms with Crippen LogP contribution in [0.4, 0.5) is 13.2 Å². The van der Waals surface area contributed by atoms with Crippen molar-refractivity contribution in [3.63, 3.8) is 0 Å². The molecular weight excluding hydrogens is 233 g/mol. The Labute approximate surface area is 97.0 Å². The summed E-state index contributed by atoms with van der Waals surface area (Å²) >= 11 is 0. The van der Waals surface area contributed by atoms with Crippen molar-refractivity contribution in [2.45, 2.75) is 25.1 Å². The highest BCUT2D eigenvalue weighted by Crippen LogP contribution is 2.34. The summed E-state index contributed by atoms with van der Waals surface area (Å²) in [5, 5.41) is 3.13. The van der Waals surface area contributed by atoms with Crippen molar-refractivity contribution in [2.24, 2.45) is 0 Å². The van der Waals surface area contributed by atoms with Crippen molar-refractivity contribution in [3.8, 4) is 5.75 Å². The monoisotopic (exact) mass is 246 g/mol. The number of ether oxygens (including phenoxy) is 1. The van der Waals surface area contributed by atoms with Crippen LogP contribution in [-0.2, 0) is 6.18 Å². The number of halogens is 3. The summed E-state index contributed by atoms with van der Waals surface area (Å²) in [6, 6.07) is 2.77. The average Bonchev–Trinajstić information content (AvgIpc) is 2.30. The van der Waals surface area contributed by atoms with E-state index in [0.29, 0.717) is 12.8 Å². The van der Waals surface area contributed by atoms with Gasteiger partial charge in [0.2, 0.25) is 0 Å². The maximum atomic E-state index is 12.6. The number of piperidine rings is 1. The minimum Gasteiger partial charge on any atom is -0.488 e. The minimum absolute atomic E-state index is 0.165. The van der Waals surface area contributed by atoms with E-state index in [-0.39, 0.29) is 11.9 Å². The van der Waals surface area contributed by atoms with Gasteiger partial charge in [0.1, 0.15) is 6.10 Å². The van der Waals surface area contributed by atoms with Crippen LogP contribution in [-0.4, -0.2) is 24.2 Å². The summed E-state index contributed by atoms with van der Waals surface area (Å²) in [6.45, 7) is 1.54. The van der Waals surface area contributed by atoms with E-state index in [4.69, 9.17) is 4.74 Å². The van der Waals surface area contributed by atoms with Crippen LogP contribution in [0.2, 0.25) is 0 Å². The van der Waals surface area contributed by atoms with Gasteiger partial charge in [-0.05, 0) is 38.1 Å². The van der Waals surface area contributed by atoms with E-state index in [1.807, 2.05) is 0 Å². The molecule has 2 heterocycles. The number of hydrogen-bond acceptors (Lipinski definition) is 3. The first-order chi connectivity index (χ1) is 8.07. The molecule has 1 aliphatic heterocycles. The van der Waals surface area contributed by atoms with E-state index in [9.17, 15) is 13.2 Å². The minimum atomic E-state index is -4.47. The first kappa shape index (κ1) is 12.2. The van der Waals surface area contributed by atoms with Crippen LogP contribution in [0.15, 0.2) is 18.3 Å². The summed E-state index contributed by atoms with van der Waals surface area (Å²) in [5.41, 5.74) is -0.946. The molecule has 1 saturated heterocycles. The van der Waals surface area contributed by atoms with Gasteiger partial charge in [0, 0.05) is 6.20 Å². The number of pyridine rings is 1. The molecule has 0 aliphatic carbocycles. The van der Waals surface area contributed by atoms with Gasteiger partial charge < -0.3 is 10.1 Å². The molecule has 1 aromatic heterocycles. The molecular formula is C11H13F3N2O. The Morgan fingerprint density at radius 1 is 1.29 bits per heavy atom. The molecule has 2 rings (SSSR count). The van der Waals surface area contributed by atoms with E-state index in [1.165, 1.54) is 12.1 Å². The van der Waals surface area contributed by atoms with E-state index in [0.717, 1.165) is 19.3 Å². The molecule has 1 fully saturated rings. The van der Waals surface area contributed by atoms with E-state index < -0.39 is 11.9 Å². The number of hydrogen-bond donors (Lipinski definition) is 1. The third kappa shape index (κ3) is 3.09. The van der Waals surface area contributed by atoms with Crippen LogP contribution >= 0.6 is 0 Å². The molecule has 0 spiro atoms. The molecule has 0 atom stereocenters. The Morgan fingerprint density at radius 3 is 2.65 bits per heavy atom. The SMILES string of the molecule is FC(F)(F)c1ncccc1OC1CCNCC1. The molecule has 0 bridgehead atoms. The smallest absolute Gasteiger partial charge is 0.437 e. The zero-order valence-electron chi connectivity index (χ0n) is 9.13. The molecule has 0 aromatic carbocycles. The lowest BCUT2D eigenvalue weighted by atomic mass is 10.1. The van der Waals surface area contributed by atoms with Crippen LogP contribution in [0.1, 0.15) is 18.5 Å².